The third-order valence-corrected chi connectivity index (χ3v) is 4.03. The van der Waals surface area contributed by atoms with Gasteiger partial charge in [0, 0.05) is 18.4 Å². The van der Waals surface area contributed by atoms with Gasteiger partial charge in [-0.25, -0.2) is 8.42 Å². The zero-order valence-electron chi connectivity index (χ0n) is 7.68. The van der Waals surface area contributed by atoms with Gasteiger partial charge in [0.05, 0.1) is 17.2 Å². The lowest BCUT2D eigenvalue weighted by Gasteiger charge is -2.10. The van der Waals surface area contributed by atoms with Crippen molar-refractivity contribution in [3.05, 3.63) is 24.5 Å². The van der Waals surface area contributed by atoms with Crippen LogP contribution in [0.1, 0.15) is 6.42 Å². The predicted molar refractivity (Wildman–Crippen MR) is 54.9 cm³/mol. The summed E-state index contributed by atoms with van der Waals surface area (Å²) in [5, 5.41) is 3.15. The van der Waals surface area contributed by atoms with Gasteiger partial charge in [0.15, 0.2) is 9.84 Å². The van der Waals surface area contributed by atoms with Crippen LogP contribution >= 0.6 is 0 Å². The van der Waals surface area contributed by atoms with Crippen LogP contribution in [0.15, 0.2) is 24.5 Å². The largest absolute Gasteiger partial charge is 0.380 e. The average Bonchev–Trinajstić information content (AvgIpc) is 2.47. The summed E-state index contributed by atoms with van der Waals surface area (Å²) >= 11 is 0. The Morgan fingerprint density at radius 3 is 2.93 bits per heavy atom. The molecule has 1 saturated heterocycles. The van der Waals surface area contributed by atoms with Crippen LogP contribution in [-0.2, 0) is 9.84 Å². The Kier molecular flexibility index (Phi) is 2.41. The summed E-state index contributed by atoms with van der Waals surface area (Å²) in [5.41, 5.74) is 0.884. The van der Waals surface area contributed by atoms with Gasteiger partial charge in [-0.15, -0.1) is 0 Å². The van der Waals surface area contributed by atoms with Crippen LogP contribution in [0, 0.1) is 0 Å². The van der Waals surface area contributed by atoms with E-state index in [1.165, 1.54) is 0 Å². The van der Waals surface area contributed by atoms with E-state index < -0.39 is 9.84 Å². The van der Waals surface area contributed by atoms with Gasteiger partial charge in [-0.3, -0.25) is 4.98 Å². The van der Waals surface area contributed by atoms with Gasteiger partial charge in [-0.05, 0) is 18.6 Å². The van der Waals surface area contributed by atoms with Crippen molar-refractivity contribution in [2.75, 3.05) is 16.8 Å². The van der Waals surface area contributed by atoms with E-state index in [1.54, 1.807) is 12.4 Å². The Balaban J connectivity index is 2.01. The molecule has 2 rings (SSSR count). The molecule has 1 aliphatic heterocycles. The number of hydrogen-bond acceptors (Lipinski definition) is 4. The summed E-state index contributed by atoms with van der Waals surface area (Å²) in [5.74, 6) is 0.535. The zero-order valence-corrected chi connectivity index (χ0v) is 8.50. The van der Waals surface area contributed by atoms with Crippen molar-refractivity contribution in [3.8, 4) is 0 Å². The normalized spacial score (nSPS) is 24.7. The predicted octanol–water partition coefficient (Wildman–Crippen LogP) is 0.681. The lowest BCUT2D eigenvalue weighted by atomic mass is 10.2. The number of pyridine rings is 1. The summed E-state index contributed by atoms with van der Waals surface area (Å²) in [7, 11) is -2.80. The van der Waals surface area contributed by atoms with E-state index in [0.717, 1.165) is 5.69 Å². The van der Waals surface area contributed by atoms with Crippen LogP contribution in [0.5, 0.6) is 0 Å². The molecule has 1 aliphatic rings. The molecule has 1 fully saturated rings. The van der Waals surface area contributed by atoms with Gasteiger partial charge < -0.3 is 5.32 Å². The first-order chi connectivity index (χ1) is 6.66. The Hall–Kier alpha value is -1.10. The molecular weight excluding hydrogens is 200 g/mol. The molecule has 0 spiro atoms. The molecule has 0 aromatic carbocycles. The monoisotopic (exact) mass is 212 g/mol. The Morgan fingerprint density at radius 1 is 1.50 bits per heavy atom. The standard InChI is InChI=1S/C9H12N2O2S/c12-14(13)5-3-9(7-14)11-8-2-1-4-10-6-8/h1-2,4,6,9,11H,3,5,7H2. The van der Waals surface area contributed by atoms with Gasteiger partial charge in [-0.1, -0.05) is 0 Å². The zero-order chi connectivity index (χ0) is 10.0. The highest BCUT2D eigenvalue weighted by atomic mass is 32.2. The van der Waals surface area contributed by atoms with E-state index in [2.05, 4.69) is 10.3 Å². The van der Waals surface area contributed by atoms with E-state index in [-0.39, 0.29) is 11.8 Å². The molecule has 76 valence electrons. The molecule has 0 radical (unpaired) electrons. The summed E-state index contributed by atoms with van der Waals surface area (Å²) < 4.78 is 22.4. The quantitative estimate of drug-likeness (QED) is 0.783. The summed E-state index contributed by atoms with van der Waals surface area (Å²) in [6.45, 7) is 0. The first-order valence-corrected chi connectivity index (χ1v) is 6.35. The van der Waals surface area contributed by atoms with Gasteiger partial charge in [0.2, 0.25) is 0 Å². The third-order valence-electron chi connectivity index (χ3n) is 2.26. The average molecular weight is 212 g/mol. The Morgan fingerprint density at radius 2 is 2.36 bits per heavy atom. The first kappa shape index (κ1) is 9.45. The molecule has 0 bridgehead atoms. The molecule has 5 heteroatoms. The van der Waals surface area contributed by atoms with Crippen LogP contribution in [0.2, 0.25) is 0 Å². The number of anilines is 1. The van der Waals surface area contributed by atoms with E-state index in [0.29, 0.717) is 12.2 Å². The Bertz CT molecular complexity index is 402. The molecule has 1 unspecified atom stereocenters. The second kappa shape index (κ2) is 3.57. The number of hydrogen-bond donors (Lipinski definition) is 1. The summed E-state index contributed by atoms with van der Waals surface area (Å²) in [6.07, 6.45) is 4.08. The van der Waals surface area contributed by atoms with Crippen LogP contribution < -0.4 is 5.32 Å². The molecular formula is C9H12N2O2S. The lowest BCUT2D eigenvalue weighted by molar-refractivity contribution is 0.602. The minimum absolute atomic E-state index is 0.0456. The number of rotatable bonds is 2. The highest BCUT2D eigenvalue weighted by Crippen LogP contribution is 2.16. The van der Waals surface area contributed by atoms with Crippen molar-refractivity contribution < 1.29 is 8.42 Å². The second-order valence-corrected chi connectivity index (χ2v) is 5.71. The molecule has 14 heavy (non-hydrogen) atoms. The minimum Gasteiger partial charge on any atom is -0.380 e. The number of nitrogens with one attached hydrogen (secondary N) is 1. The minimum atomic E-state index is -2.80. The molecule has 1 aromatic heterocycles. The maximum atomic E-state index is 11.2. The molecule has 4 nitrogen and oxygen atoms in total. The van der Waals surface area contributed by atoms with E-state index in [9.17, 15) is 8.42 Å². The highest BCUT2D eigenvalue weighted by molar-refractivity contribution is 7.91. The molecule has 0 amide bonds. The maximum absolute atomic E-state index is 11.2. The first-order valence-electron chi connectivity index (χ1n) is 4.53. The molecule has 1 aromatic rings. The van der Waals surface area contributed by atoms with Crippen molar-refractivity contribution in [2.24, 2.45) is 0 Å². The number of nitrogens with zero attached hydrogens (tertiary/aromatic N) is 1. The van der Waals surface area contributed by atoms with E-state index >= 15 is 0 Å². The fraction of sp³-hybridized carbons (Fsp3) is 0.444. The van der Waals surface area contributed by atoms with Crippen molar-refractivity contribution in [1.29, 1.82) is 0 Å². The molecule has 2 heterocycles. The van der Waals surface area contributed by atoms with E-state index in [1.807, 2.05) is 12.1 Å². The van der Waals surface area contributed by atoms with Crippen LogP contribution in [0.4, 0.5) is 5.69 Å². The molecule has 0 saturated carbocycles. The summed E-state index contributed by atoms with van der Waals surface area (Å²) in [6, 6.07) is 3.76. The van der Waals surface area contributed by atoms with Gasteiger partial charge >= 0.3 is 0 Å². The van der Waals surface area contributed by atoms with Crippen molar-refractivity contribution >= 4 is 15.5 Å². The fourth-order valence-corrected chi connectivity index (χ4v) is 3.27. The number of aromatic nitrogens is 1. The van der Waals surface area contributed by atoms with Crippen molar-refractivity contribution in [2.45, 2.75) is 12.5 Å². The maximum Gasteiger partial charge on any atom is 0.152 e. The SMILES string of the molecule is O=S1(=O)CCC(Nc2cccnc2)C1. The summed E-state index contributed by atoms with van der Waals surface area (Å²) in [4.78, 5) is 3.95. The molecule has 1 N–H and O–H groups in total. The van der Waals surface area contributed by atoms with Crippen molar-refractivity contribution in [1.82, 2.24) is 4.98 Å². The van der Waals surface area contributed by atoms with Crippen LogP contribution in [0.3, 0.4) is 0 Å². The van der Waals surface area contributed by atoms with E-state index in [4.69, 9.17) is 0 Å². The smallest absolute Gasteiger partial charge is 0.152 e. The number of sulfone groups is 1. The van der Waals surface area contributed by atoms with Crippen LogP contribution in [0.25, 0.3) is 0 Å². The van der Waals surface area contributed by atoms with Crippen LogP contribution in [-0.4, -0.2) is 30.9 Å². The highest BCUT2D eigenvalue weighted by Gasteiger charge is 2.27. The third kappa shape index (κ3) is 2.23. The second-order valence-electron chi connectivity index (χ2n) is 3.49. The molecule has 1 atom stereocenters. The topological polar surface area (TPSA) is 59.1 Å². The van der Waals surface area contributed by atoms with Crippen molar-refractivity contribution in [3.63, 3.8) is 0 Å². The fourth-order valence-electron chi connectivity index (χ4n) is 1.59. The van der Waals surface area contributed by atoms with Gasteiger partial charge in [-0.2, -0.15) is 0 Å². The van der Waals surface area contributed by atoms with Gasteiger partial charge in [0.1, 0.15) is 0 Å². The molecule has 0 aliphatic carbocycles. The van der Waals surface area contributed by atoms with Gasteiger partial charge in [0.25, 0.3) is 0 Å². The Labute approximate surface area is 83.3 Å². The lowest BCUT2D eigenvalue weighted by Crippen LogP contribution is -2.20.